The smallest absolute Gasteiger partial charge is 0.0809 e. The molecule has 0 aliphatic carbocycles. The Morgan fingerprint density at radius 3 is 2.86 bits per heavy atom. The molecule has 0 saturated carbocycles. The summed E-state index contributed by atoms with van der Waals surface area (Å²) in [6, 6.07) is 0.588. The molecule has 2 saturated heterocycles. The lowest BCUT2D eigenvalue weighted by Crippen LogP contribution is -2.38. The predicted molar refractivity (Wildman–Crippen MR) is 55.4 cm³/mol. The van der Waals surface area contributed by atoms with Crippen LogP contribution in [0, 0.1) is 0 Å². The number of hydrogen-bond acceptors (Lipinski definition) is 3. The Morgan fingerprint density at radius 1 is 1.14 bits per heavy atom. The van der Waals surface area contributed by atoms with E-state index in [4.69, 9.17) is 9.47 Å². The Labute approximate surface area is 86.2 Å². The molecular formula is C11H21NO2. The molecule has 0 radical (unpaired) electrons. The van der Waals surface area contributed by atoms with Crippen LogP contribution in [-0.2, 0) is 9.47 Å². The molecule has 0 bridgehead atoms. The zero-order valence-electron chi connectivity index (χ0n) is 8.84. The first-order chi connectivity index (χ1) is 6.95. The van der Waals surface area contributed by atoms with Crippen LogP contribution in [-0.4, -0.2) is 38.5 Å². The van der Waals surface area contributed by atoms with Gasteiger partial charge in [0.05, 0.1) is 19.3 Å². The van der Waals surface area contributed by atoms with Crippen LogP contribution in [0.15, 0.2) is 0 Å². The van der Waals surface area contributed by atoms with Crippen molar-refractivity contribution in [2.24, 2.45) is 0 Å². The molecule has 82 valence electrons. The summed E-state index contributed by atoms with van der Waals surface area (Å²) in [4.78, 5) is 0. The van der Waals surface area contributed by atoms with Crippen molar-refractivity contribution in [1.82, 2.24) is 5.32 Å². The molecule has 2 aliphatic heterocycles. The topological polar surface area (TPSA) is 30.5 Å². The van der Waals surface area contributed by atoms with E-state index in [0.717, 1.165) is 26.4 Å². The first-order valence-electron chi connectivity index (χ1n) is 5.88. The Morgan fingerprint density at radius 2 is 2.14 bits per heavy atom. The van der Waals surface area contributed by atoms with E-state index in [0.29, 0.717) is 12.1 Å². The van der Waals surface area contributed by atoms with Gasteiger partial charge in [-0.2, -0.15) is 0 Å². The third kappa shape index (κ3) is 3.23. The highest BCUT2D eigenvalue weighted by molar-refractivity contribution is 4.72. The van der Waals surface area contributed by atoms with Gasteiger partial charge in [0.2, 0.25) is 0 Å². The van der Waals surface area contributed by atoms with E-state index in [9.17, 15) is 0 Å². The predicted octanol–water partition coefficient (Wildman–Crippen LogP) is 1.32. The van der Waals surface area contributed by atoms with Gasteiger partial charge in [-0.05, 0) is 32.2 Å². The van der Waals surface area contributed by atoms with E-state index >= 15 is 0 Å². The molecule has 2 heterocycles. The summed E-state index contributed by atoms with van der Waals surface area (Å²) in [7, 11) is 0. The normalized spacial score (nSPS) is 33.4. The molecule has 0 aromatic carbocycles. The molecule has 2 atom stereocenters. The van der Waals surface area contributed by atoms with Crippen molar-refractivity contribution < 1.29 is 9.47 Å². The lowest BCUT2D eigenvalue weighted by atomic mass is 10.1. The van der Waals surface area contributed by atoms with Gasteiger partial charge in [-0.1, -0.05) is 6.42 Å². The van der Waals surface area contributed by atoms with Gasteiger partial charge in [0.15, 0.2) is 0 Å². The minimum absolute atomic E-state index is 0.374. The quantitative estimate of drug-likeness (QED) is 0.741. The number of piperidine rings is 1. The van der Waals surface area contributed by atoms with E-state index in [1.807, 2.05) is 0 Å². The first-order valence-corrected chi connectivity index (χ1v) is 5.88. The molecule has 0 amide bonds. The third-order valence-corrected chi connectivity index (χ3v) is 3.06. The van der Waals surface area contributed by atoms with E-state index in [1.165, 1.54) is 32.1 Å². The van der Waals surface area contributed by atoms with Gasteiger partial charge in [0, 0.05) is 12.6 Å². The summed E-state index contributed by atoms with van der Waals surface area (Å²) in [5.74, 6) is 0. The van der Waals surface area contributed by atoms with Gasteiger partial charge in [-0.3, -0.25) is 0 Å². The van der Waals surface area contributed by atoms with E-state index in [2.05, 4.69) is 5.32 Å². The van der Waals surface area contributed by atoms with Crippen molar-refractivity contribution >= 4 is 0 Å². The van der Waals surface area contributed by atoms with Crippen molar-refractivity contribution in [3.8, 4) is 0 Å². The number of nitrogens with one attached hydrogen (secondary N) is 1. The molecule has 2 rings (SSSR count). The minimum atomic E-state index is 0.374. The van der Waals surface area contributed by atoms with Crippen molar-refractivity contribution in [3.63, 3.8) is 0 Å². The Bertz CT molecular complexity index is 151. The fourth-order valence-corrected chi connectivity index (χ4v) is 2.18. The lowest BCUT2D eigenvalue weighted by molar-refractivity contribution is 0.00807. The standard InChI is InChI=1S/C11H21NO2/c1-2-6-12-10(4-1)8-13-9-11-5-3-7-14-11/h10-12H,1-9H2. The summed E-state index contributed by atoms with van der Waals surface area (Å²) in [5.41, 5.74) is 0. The second-order valence-corrected chi connectivity index (χ2v) is 4.32. The van der Waals surface area contributed by atoms with Crippen LogP contribution in [0.1, 0.15) is 32.1 Å². The van der Waals surface area contributed by atoms with Crippen molar-refractivity contribution in [1.29, 1.82) is 0 Å². The monoisotopic (exact) mass is 199 g/mol. The highest BCUT2D eigenvalue weighted by atomic mass is 16.5. The maximum atomic E-state index is 5.67. The average Bonchev–Trinajstić information content (AvgIpc) is 2.72. The van der Waals surface area contributed by atoms with Gasteiger partial charge < -0.3 is 14.8 Å². The molecule has 2 fully saturated rings. The van der Waals surface area contributed by atoms with Crippen LogP contribution < -0.4 is 5.32 Å². The van der Waals surface area contributed by atoms with E-state index in [1.54, 1.807) is 0 Å². The number of ether oxygens (including phenoxy) is 2. The summed E-state index contributed by atoms with van der Waals surface area (Å²) < 4.78 is 11.2. The van der Waals surface area contributed by atoms with Crippen molar-refractivity contribution in [2.75, 3.05) is 26.4 Å². The SMILES string of the molecule is C1CCC(COCC2CCCO2)NC1. The molecule has 2 unspecified atom stereocenters. The lowest BCUT2D eigenvalue weighted by Gasteiger charge is -2.23. The van der Waals surface area contributed by atoms with Crippen LogP contribution >= 0.6 is 0 Å². The van der Waals surface area contributed by atoms with Crippen LogP contribution in [0.4, 0.5) is 0 Å². The van der Waals surface area contributed by atoms with Crippen LogP contribution in [0.5, 0.6) is 0 Å². The van der Waals surface area contributed by atoms with Crippen LogP contribution in [0.3, 0.4) is 0 Å². The molecule has 3 heteroatoms. The molecule has 0 spiro atoms. The van der Waals surface area contributed by atoms with Gasteiger partial charge in [-0.25, -0.2) is 0 Å². The highest BCUT2D eigenvalue weighted by Crippen LogP contribution is 2.13. The summed E-state index contributed by atoms with van der Waals surface area (Å²) in [6.07, 6.45) is 6.70. The fraction of sp³-hybridized carbons (Fsp3) is 1.00. The largest absolute Gasteiger partial charge is 0.377 e. The van der Waals surface area contributed by atoms with Crippen LogP contribution in [0.25, 0.3) is 0 Å². The third-order valence-electron chi connectivity index (χ3n) is 3.06. The van der Waals surface area contributed by atoms with E-state index < -0.39 is 0 Å². The van der Waals surface area contributed by atoms with Crippen molar-refractivity contribution in [2.45, 2.75) is 44.2 Å². The second kappa shape index (κ2) is 5.69. The van der Waals surface area contributed by atoms with Gasteiger partial charge in [0.1, 0.15) is 0 Å². The minimum Gasteiger partial charge on any atom is -0.377 e. The molecule has 2 aliphatic rings. The molecule has 0 aromatic rings. The molecular weight excluding hydrogens is 178 g/mol. The number of rotatable bonds is 4. The molecule has 0 aromatic heterocycles. The summed E-state index contributed by atoms with van der Waals surface area (Å²) in [6.45, 7) is 3.74. The zero-order valence-corrected chi connectivity index (χ0v) is 8.84. The maximum absolute atomic E-state index is 5.67. The zero-order chi connectivity index (χ0) is 9.64. The van der Waals surface area contributed by atoms with Crippen molar-refractivity contribution in [3.05, 3.63) is 0 Å². The Hall–Kier alpha value is -0.120. The van der Waals surface area contributed by atoms with Gasteiger partial charge in [0.25, 0.3) is 0 Å². The Kier molecular flexibility index (Phi) is 4.22. The van der Waals surface area contributed by atoms with E-state index in [-0.39, 0.29) is 0 Å². The number of hydrogen-bond donors (Lipinski definition) is 1. The van der Waals surface area contributed by atoms with Gasteiger partial charge >= 0.3 is 0 Å². The van der Waals surface area contributed by atoms with Crippen LogP contribution in [0.2, 0.25) is 0 Å². The Balaban J connectivity index is 1.52. The fourth-order valence-electron chi connectivity index (χ4n) is 2.18. The molecule has 1 N–H and O–H groups in total. The molecule has 14 heavy (non-hydrogen) atoms. The molecule has 3 nitrogen and oxygen atoms in total. The highest BCUT2D eigenvalue weighted by Gasteiger charge is 2.17. The average molecular weight is 199 g/mol. The first kappa shape index (κ1) is 10.4. The second-order valence-electron chi connectivity index (χ2n) is 4.32. The van der Waals surface area contributed by atoms with Gasteiger partial charge in [-0.15, -0.1) is 0 Å². The summed E-state index contributed by atoms with van der Waals surface area (Å²) >= 11 is 0. The maximum Gasteiger partial charge on any atom is 0.0809 e. The summed E-state index contributed by atoms with van der Waals surface area (Å²) in [5, 5.41) is 3.48.